The second kappa shape index (κ2) is 20.7. The van der Waals surface area contributed by atoms with Gasteiger partial charge in [0.15, 0.2) is 0 Å². The van der Waals surface area contributed by atoms with E-state index in [9.17, 15) is 14.7 Å². The molecule has 0 amide bonds. The molecule has 2 atom stereocenters. The lowest BCUT2D eigenvalue weighted by atomic mass is 9.98. The molecule has 0 fully saturated rings. The van der Waals surface area contributed by atoms with Gasteiger partial charge in [0.05, 0.1) is 33.2 Å². The Balaban J connectivity index is 4.06. The molecule has 6 nitrogen and oxygen atoms in total. The van der Waals surface area contributed by atoms with E-state index in [4.69, 9.17) is 9.47 Å². The maximum atomic E-state index is 12.1. The normalized spacial score (nSPS) is 13.2. The molecular weight excluding hydrogens is 394 g/mol. The van der Waals surface area contributed by atoms with E-state index >= 15 is 0 Å². The molecule has 0 unspecified atom stereocenters. The summed E-state index contributed by atoms with van der Waals surface area (Å²) >= 11 is 0. The van der Waals surface area contributed by atoms with Crippen molar-refractivity contribution in [2.75, 3.05) is 33.4 Å². The van der Waals surface area contributed by atoms with Crippen molar-refractivity contribution in [2.24, 2.45) is 5.92 Å². The number of ether oxygens (including phenoxy) is 2. The van der Waals surface area contributed by atoms with E-state index in [1.165, 1.54) is 58.5 Å². The van der Waals surface area contributed by atoms with Gasteiger partial charge in [0, 0.05) is 19.1 Å². The van der Waals surface area contributed by atoms with E-state index in [-0.39, 0.29) is 43.3 Å². The Morgan fingerprint density at radius 2 is 1.35 bits per heavy atom. The van der Waals surface area contributed by atoms with Crippen molar-refractivity contribution in [3.63, 3.8) is 0 Å². The van der Waals surface area contributed by atoms with Crippen LogP contribution in [-0.2, 0) is 19.1 Å². The van der Waals surface area contributed by atoms with Crippen LogP contribution >= 0.6 is 0 Å². The molecule has 6 heteroatoms. The molecule has 0 rings (SSSR count). The summed E-state index contributed by atoms with van der Waals surface area (Å²) in [7, 11) is 1.37. The largest absolute Gasteiger partial charge is 0.469 e. The summed E-state index contributed by atoms with van der Waals surface area (Å²) < 4.78 is 10.1. The first-order valence-corrected chi connectivity index (χ1v) is 12.6. The van der Waals surface area contributed by atoms with E-state index in [1.807, 2.05) is 4.90 Å². The number of aliphatic hydroxyl groups is 1. The van der Waals surface area contributed by atoms with Gasteiger partial charge < -0.3 is 14.6 Å². The molecule has 184 valence electrons. The van der Waals surface area contributed by atoms with Gasteiger partial charge in [-0.05, 0) is 12.3 Å². The molecule has 0 aromatic carbocycles. The SMILES string of the molecule is CCCCCCCCCCCCOC(=O)CCN(CCC(=O)OC)[C@H](CO)[C@@H](C)CC. The summed E-state index contributed by atoms with van der Waals surface area (Å²) in [4.78, 5) is 25.7. The number of aliphatic hydroxyl groups excluding tert-OH is 1. The summed E-state index contributed by atoms with van der Waals surface area (Å²) in [6.07, 6.45) is 14.0. The summed E-state index contributed by atoms with van der Waals surface area (Å²) in [6.45, 7) is 7.82. The minimum atomic E-state index is -0.283. The fourth-order valence-corrected chi connectivity index (χ4v) is 3.79. The second-order valence-corrected chi connectivity index (χ2v) is 8.65. The Hall–Kier alpha value is -1.14. The minimum absolute atomic E-state index is 0.00380. The van der Waals surface area contributed by atoms with Crippen molar-refractivity contribution in [2.45, 2.75) is 110 Å². The molecule has 31 heavy (non-hydrogen) atoms. The molecular formula is C25H49NO5. The van der Waals surface area contributed by atoms with Crippen LogP contribution in [0.4, 0.5) is 0 Å². The monoisotopic (exact) mass is 443 g/mol. The third kappa shape index (κ3) is 16.2. The third-order valence-electron chi connectivity index (χ3n) is 6.15. The summed E-state index contributed by atoms with van der Waals surface area (Å²) in [6, 6.07) is -0.0792. The van der Waals surface area contributed by atoms with Gasteiger partial charge in [0.2, 0.25) is 0 Å². The first-order chi connectivity index (χ1) is 15.0. The number of hydrogen-bond acceptors (Lipinski definition) is 6. The Morgan fingerprint density at radius 3 is 1.84 bits per heavy atom. The highest BCUT2D eigenvalue weighted by atomic mass is 16.5. The topological polar surface area (TPSA) is 76.1 Å². The standard InChI is InChI=1S/C25H49NO5/c1-5-7-8-9-10-11-12-13-14-15-20-31-25(29)17-19-26(18-16-24(28)30-4)23(21-27)22(3)6-2/h22-23,27H,5-21H2,1-4H3/t22-,23+/m0/s1. The zero-order chi connectivity index (χ0) is 23.3. The van der Waals surface area contributed by atoms with Gasteiger partial charge in [0.1, 0.15) is 0 Å². The first kappa shape index (κ1) is 29.9. The van der Waals surface area contributed by atoms with Crippen LogP contribution in [0, 0.1) is 5.92 Å². The maximum absolute atomic E-state index is 12.1. The molecule has 0 bridgehead atoms. The van der Waals surface area contributed by atoms with Crippen LogP contribution in [0.1, 0.15) is 104 Å². The van der Waals surface area contributed by atoms with E-state index < -0.39 is 0 Å². The van der Waals surface area contributed by atoms with Crippen LogP contribution < -0.4 is 0 Å². The predicted octanol–water partition coefficient (Wildman–Crippen LogP) is 5.11. The van der Waals surface area contributed by atoms with Crippen molar-refractivity contribution in [1.82, 2.24) is 4.90 Å². The molecule has 0 aromatic rings. The van der Waals surface area contributed by atoms with Gasteiger partial charge in [-0.3, -0.25) is 14.5 Å². The van der Waals surface area contributed by atoms with Gasteiger partial charge in [-0.2, -0.15) is 0 Å². The average molecular weight is 444 g/mol. The van der Waals surface area contributed by atoms with E-state index in [1.54, 1.807) is 0 Å². The lowest BCUT2D eigenvalue weighted by Gasteiger charge is -2.33. The molecule has 0 aliphatic carbocycles. The van der Waals surface area contributed by atoms with Crippen molar-refractivity contribution >= 4 is 11.9 Å². The van der Waals surface area contributed by atoms with Gasteiger partial charge in [-0.15, -0.1) is 0 Å². The Bertz CT molecular complexity index is 444. The Morgan fingerprint density at radius 1 is 0.839 bits per heavy atom. The molecule has 0 radical (unpaired) electrons. The van der Waals surface area contributed by atoms with Gasteiger partial charge >= 0.3 is 11.9 Å². The highest BCUT2D eigenvalue weighted by Crippen LogP contribution is 2.16. The average Bonchev–Trinajstić information content (AvgIpc) is 2.78. The first-order valence-electron chi connectivity index (χ1n) is 12.6. The molecule has 0 heterocycles. The molecule has 0 saturated heterocycles. The van der Waals surface area contributed by atoms with Crippen LogP contribution in [0.5, 0.6) is 0 Å². The molecule has 0 spiro atoms. The molecule has 0 aliphatic heterocycles. The zero-order valence-corrected chi connectivity index (χ0v) is 20.7. The lowest BCUT2D eigenvalue weighted by molar-refractivity contribution is -0.144. The summed E-state index contributed by atoms with van der Waals surface area (Å²) in [5, 5.41) is 9.83. The van der Waals surface area contributed by atoms with Gasteiger partial charge in [0.25, 0.3) is 0 Å². The Labute approximate surface area is 191 Å². The van der Waals surface area contributed by atoms with Crippen molar-refractivity contribution in [3.8, 4) is 0 Å². The van der Waals surface area contributed by atoms with Crippen molar-refractivity contribution in [1.29, 1.82) is 0 Å². The van der Waals surface area contributed by atoms with Gasteiger partial charge in [-0.25, -0.2) is 0 Å². The number of unbranched alkanes of at least 4 members (excludes halogenated alkanes) is 9. The van der Waals surface area contributed by atoms with E-state index in [0.29, 0.717) is 19.7 Å². The van der Waals surface area contributed by atoms with Gasteiger partial charge in [-0.1, -0.05) is 85.0 Å². The number of nitrogens with zero attached hydrogens (tertiary/aromatic N) is 1. The predicted molar refractivity (Wildman–Crippen MR) is 126 cm³/mol. The number of carbonyl (C=O) groups is 2. The summed E-state index contributed by atoms with van der Waals surface area (Å²) in [5.41, 5.74) is 0. The lowest BCUT2D eigenvalue weighted by Crippen LogP contribution is -2.44. The van der Waals surface area contributed by atoms with Crippen LogP contribution in [0.25, 0.3) is 0 Å². The molecule has 0 aliphatic rings. The smallest absolute Gasteiger partial charge is 0.307 e. The molecule has 0 aromatic heterocycles. The van der Waals surface area contributed by atoms with E-state index in [2.05, 4.69) is 20.8 Å². The van der Waals surface area contributed by atoms with Crippen LogP contribution in [-0.4, -0.2) is 61.4 Å². The highest BCUT2D eigenvalue weighted by Gasteiger charge is 2.24. The number of methoxy groups -OCH3 is 1. The van der Waals surface area contributed by atoms with E-state index in [0.717, 1.165) is 19.3 Å². The molecule has 1 N–H and O–H groups in total. The quantitative estimate of drug-likeness (QED) is 0.196. The van der Waals surface area contributed by atoms with Crippen molar-refractivity contribution in [3.05, 3.63) is 0 Å². The fraction of sp³-hybridized carbons (Fsp3) is 0.920. The van der Waals surface area contributed by atoms with Crippen LogP contribution in [0.2, 0.25) is 0 Å². The third-order valence-corrected chi connectivity index (χ3v) is 6.15. The number of rotatable bonds is 21. The van der Waals surface area contributed by atoms with Crippen LogP contribution in [0.15, 0.2) is 0 Å². The second-order valence-electron chi connectivity index (χ2n) is 8.65. The maximum Gasteiger partial charge on any atom is 0.307 e. The summed E-state index contributed by atoms with van der Waals surface area (Å²) in [5.74, 6) is -0.223. The van der Waals surface area contributed by atoms with Crippen molar-refractivity contribution < 1.29 is 24.2 Å². The zero-order valence-electron chi connectivity index (χ0n) is 20.7. The number of carbonyl (C=O) groups excluding carboxylic acids is 2. The number of esters is 2. The molecule has 0 saturated carbocycles. The highest BCUT2D eigenvalue weighted by molar-refractivity contribution is 5.70. The fourth-order valence-electron chi connectivity index (χ4n) is 3.79. The Kier molecular flexibility index (Phi) is 20.0. The number of hydrogen-bond donors (Lipinski definition) is 1. The van der Waals surface area contributed by atoms with Crippen LogP contribution in [0.3, 0.4) is 0 Å². The minimum Gasteiger partial charge on any atom is -0.469 e.